The van der Waals surface area contributed by atoms with Crippen molar-refractivity contribution in [1.29, 1.82) is 0 Å². The summed E-state index contributed by atoms with van der Waals surface area (Å²) in [5.41, 5.74) is 2.12. The molecule has 0 saturated heterocycles. The Labute approximate surface area is 102 Å². The van der Waals surface area contributed by atoms with Crippen LogP contribution in [-0.2, 0) is 13.1 Å². The quantitative estimate of drug-likeness (QED) is 0.855. The second-order valence-corrected chi connectivity index (χ2v) is 4.31. The Kier molecular flexibility index (Phi) is 3.88. The van der Waals surface area contributed by atoms with Gasteiger partial charge in [-0.25, -0.2) is 0 Å². The molecule has 0 atom stereocenters. The topological polar surface area (TPSA) is 42.7 Å². The summed E-state index contributed by atoms with van der Waals surface area (Å²) < 4.78 is 1.97. The van der Waals surface area contributed by atoms with Gasteiger partial charge in [0.25, 0.3) is 0 Å². The fourth-order valence-electron chi connectivity index (χ4n) is 1.58. The van der Waals surface area contributed by atoms with Crippen molar-refractivity contribution in [3.05, 3.63) is 48.0 Å². The number of hydrogen-bond donors (Lipinski definition) is 1. The van der Waals surface area contributed by atoms with Gasteiger partial charge in [0.05, 0.1) is 11.4 Å². The lowest BCUT2D eigenvalue weighted by Gasteiger charge is -2.04. The largest absolute Gasteiger partial charge is 0.305 e. The standard InChI is InChI=1S/C13H18N4/c1-11(2)17-8-6-13(16-17)10-14-9-12-5-3-4-7-15-12/h3-8,11,14H,9-10H2,1-2H3. The van der Waals surface area contributed by atoms with Crippen molar-refractivity contribution in [2.75, 3.05) is 0 Å². The van der Waals surface area contributed by atoms with Crippen LogP contribution < -0.4 is 5.32 Å². The van der Waals surface area contributed by atoms with Crippen LogP contribution in [0.15, 0.2) is 36.7 Å². The fraction of sp³-hybridized carbons (Fsp3) is 0.385. The van der Waals surface area contributed by atoms with Crippen molar-refractivity contribution < 1.29 is 0 Å². The molecule has 0 fully saturated rings. The zero-order valence-corrected chi connectivity index (χ0v) is 10.3. The van der Waals surface area contributed by atoms with E-state index in [9.17, 15) is 0 Å². The molecule has 4 nitrogen and oxygen atoms in total. The van der Waals surface area contributed by atoms with E-state index in [2.05, 4.69) is 29.2 Å². The predicted molar refractivity (Wildman–Crippen MR) is 67.4 cm³/mol. The highest BCUT2D eigenvalue weighted by Gasteiger charge is 2.01. The van der Waals surface area contributed by atoms with Crippen LogP contribution in [0.1, 0.15) is 31.3 Å². The van der Waals surface area contributed by atoms with Gasteiger partial charge in [0.1, 0.15) is 0 Å². The van der Waals surface area contributed by atoms with Gasteiger partial charge in [-0.05, 0) is 32.0 Å². The van der Waals surface area contributed by atoms with E-state index in [0.29, 0.717) is 6.04 Å². The van der Waals surface area contributed by atoms with Crippen LogP contribution in [0.2, 0.25) is 0 Å². The number of rotatable bonds is 5. The molecule has 0 aromatic carbocycles. The highest BCUT2D eigenvalue weighted by molar-refractivity contribution is 5.04. The molecule has 1 N–H and O–H groups in total. The van der Waals surface area contributed by atoms with E-state index in [1.807, 2.05) is 41.3 Å². The van der Waals surface area contributed by atoms with Crippen LogP contribution in [0.5, 0.6) is 0 Å². The number of nitrogens with zero attached hydrogens (tertiary/aromatic N) is 3. The fourth-order valence-corrected chi connectivity index (χ4v) is 1.58. The lowest BCUT2D eigenvalue weighted by Crippen LogP contribution is -2.14. The summed E-state index contributed by atoms with van der Waals surface area (Å²) in [6.45, 7) is 5.79. The van der Waals surface area contributed by atoms with Crippen LogP contribution in [0.4, 0.5) is 0 Å². The molecule has 0 unspecified atom stereocenters. The molecule has 2 rings (SSSR count). The highest BCUT2D eigenvalue weighted by atomic mass is 15.3. The van der Waals surface area contributed by atoms with E-state index in [1.165, 1.54) is 0 Å². The Bertz CT molecular complexity index is 447. The Morgan fingerprint density at radius 2 is 2.00 bits per heavy atom. The van der Waals surface area contributed by atoms with E-state index >= 15 is 0 Å². The van der Waals surface area contributed by atoms with Crippen molar-refractivity contribution >= 4 is 0 Å². The van der Waals surface area contributed by atoms with Crippen LogP contribution in [0.3, 0.4) is 0 Å². The number of hydrogen-bond acceptors (Lipinski definition) is 3. The zero-order valence-electron chi connectivity index (χ0n) is 10.3. The van der Waals surface area contributed by atoms with Gasteiger partial charge in [0.15, 0.2) is 0 Å². The Balaban J connectivity index is 1.82. The predicted octanol–water partition coefficient (Wildman–Crippen LogP) is 2.15. The maximum absolute atomic E-state index is 4.47. The molecule has 2 aromatic rings. The second kappa shape index (κ2) is 5.59. The third-order valence-electron chi connectivity index (χ3n) is 2.53. The first-order valence-electron chi connectivity index (χ1n) is 5.90. The molecule has 0 saturated carbocycles. The monoisotopic (exact) mass is 230 g/mol. The Morgan fingerprint density at radius 1 is 1.18 bits per heavy atom. The van der Waals surface area contributed by atoms with Crippen molar-refractivity contribution in [3.8, 4) is 0 Å². The van der Waals surface area contributed by atoms with Gasteiger partial charge in [-0.2, -0.15) is 5.10 Å². The average molecular weight is 230 g/mol. The average Bonchev–Trinajstić information content (AvgIpc) is 2.79. The second-order valence-electron chi connectivity index (χ2n) is 4.31. The van der Waals surface area contributed by atoms with E-state index in [0.717, 1.165) is 24.5 Å². The van der Waals surface area contributed by atoms with Crippen LogP contribution in [0, 0.1) is 0 Å². The van der Waals surface area contributed by atoms with E-state index in [-0.39, 0.29) is 0 Å². The molecule has 0 spiro atoms. The summed E-state index contributed by atoms with van der Waals surface area (Å²) in [6, 6.07) is 8.40. The van der Waals surface area contributed by atoms with Crippen molar-refractivity contribution in [2.24, 2.45) is 0 Å². The van der Waals surface area contributed by atoms with Crippen LogP contribution in [-0.4, -0.2) is 14.8 Å². The number of pyridine rings is 1. The first kappa shape index (κ1) is 11.8. The first-order valence-corrected chi connectivity index (χ1v) is 5.90. The molecule has 0 radical (unpaired) electrons. The molecule has 0 aliphatic carbocycles. The SMILES string of the molecule is CC(C)n1ccc(CNCc2ccccn2)n1. The molecule has 17 heavy (non-hydrogen) atoms. The summed E-state index contributed by atoms with van der Waals surface area (Å²) in [5, 5.41) is 7.81. The molecule has 90 valence electrons. The van der Waals surface area contributed by atoms with E-state index in [4.69, 9.17) is 0 Å². The number of nitrogens with one attached hydrogen (secondary N) is 1. The summed E-state index contributed by atoms with van der Waals surface area (Å²) in [5.74, 6) is 0. The smallest absolute Gasteiger partial charge is 0.0762 e. The minimum Gasteiger partial charge on any atom is -0.305 e. The van der Waals surface area contributed by atoms with E-state index in [1.54, 1.807) is 0 Å². The van der Waals surface area contributed by atoms with Crippen LogP contribution in [0.25, 0.3) is 0 Å². The Morgan fingerprint density at radius 3 is 2.65 bits per heavy atom. The van der Waals surface area contributed by atoms with Crippen molar-refractivity contribution in [2.45, 2.75) is 33.0 Å². The van der Waals surface area contributed by atoms with Gasteiger partial charge < -0.3 is 5.32 Å². The highest BCUT2D eigenvalue weighted by Crippen LogP contribution is 2.04. The Hall–Kier alpha value is -1.68. The normalized spacial score (nSPS) is 11.0. The summed E-state index contributed by atoms with van der Waals surface area (Å²) >= 11 is 0. The molecular formula is C13H18N4. The van der Waals surface area contributed by atoms with Gasteiger partial charge in [0, 0.05) is 31.5 Å². The van der Waals surface area contributed by atoms with Gasteiger partial charge in [0.2, 0.25) is 0 Å². The molecule has 0 bridgehead atoms. The summed E-state index contributed by atoms with van der Waals surface area (Å²) in [7, 11) is 0. The minimum absolute atomic E-state index is 0.416. The van der Waals surface area contributed by atoms with Crippen molar-refractivity contribution in [1.82, 2.24) is 20.1 Å². The molecule has 0 aliphatic rings. The van der Waals surface area contributed by atoms with Gasteiger partial charge >= 0.3 is 0 Å². The maximum atomic E-state index is 4.47. The van der Waals surface area contributed by atoms with E-state index < -0.39 is 0 Å². The zero-order chi connectivity index (χ0) is 12.1. The van der Waals surface area contributed by atoms with Gasteiger partial charge in [-0.15, -0.1) is 0 Å². The first-order chi connectivity index (χ1) is 8.25. The minimum atomic E-state index is 0.416. The molecule has 0 aliphatic heterocycles. The van der Waals surface area contributed by atoms with Crippen LogP contribution >= 0.6 is 0 Å². The van der Waals surface area contributed by atoms with Crippen molar-refractivity contribution in [3.63, 3.8) is 0 Å². The maximum Gasteiger partial charge on any atom is 0.0762 e. The van der Waals surface area contributed by atoms with Gasteiger partial charge in [-0.1, -0.05) is 6.07 Å². The lowest BCUT2D eigenvalue weighted by atomic mass is 10.3. The summed E-state index contributed by atoms with van der Waals surface area (Å²) in [6.07, 6.45) is 3.83. The third-order valence-corrected chi connectivity index (χ3v) is 2.53. The molecule has 4 heteroatoms. The molecular weight excluding hydrogens is 212 g/mol. The number of aromatic nitrogens is 3. The molecule has 2 heterocycles. The third kappa shape index (κ3) is 3.39. The van der Waals surface area contributed by atoms with Gasteiger partial charge in [-0.3, -0.25) is 9.67 Å². The molecule has 0 amide bonds. The lowest BCUT2D eigenvalue weighted by molar-refractivity contribution is 0.521. The summed E-state index contributed by atoms with van der Waals surface area (Å²) in [4.78, 5) is 4.26. The molecule has 2 aromatic heterocycles.